The van der Waals surface area contributed by atoms with Crippen LogP contribution < -0.4 is 15.0 Å². The van der Waals surface area contributed by atoms with Crippen molar-refractivity contribution in [2.24, 2.45) is 7.05 Å². The monoisotopic (exact) mass is 475 g/mol. The molecule has 0 bridgehead atoms. The van der Waals surface area contributed by atoms with Crippen molar-refractivity contribution in [3.05, 3.63) is 28.7 Å². The van der Waals surface area contributed by atoms with E-state index in [1.165, 1.54) is 4.68 Å². The summed E-state index contributed by atoms with van der Waals surface area (Å²) >= 11 is 0. The molecule has 4 heterocycles. The lowest BCUT2D eigenvalue weighted by Crippen LogP contribution is -2.51. The van der Waals surface area contributed by atoms with Gasteiger partial charge in [0.2, 0.25) is 0 Å². The van der Waals surface area contributed by atoms with Crippen LogP contribution in [0.5, 0.6) is 11.5 Å². The quantitative estimate of drug-likeness (QED) is 0.531. The fourth-order valence-electron chi connectivity index (χ4n) is 5.11. The summed E-state index contributed by atoms with van der Waals surface area (Å²) in [5.74, 6) is 1.77. The van der Waals surface area contributed by atoms with Crippen molar-refractivity contribution in [3.8, 4) is 11.5 Å². The molecule has 10 nitrogen and oxygen atoms in total. The van der Waals surface area contributed by atoms with Gasteiger partial charge in [-0.15, -0.1) is 0 Å². The summed E-state index contributed by atoms with van der Waals surface area (Å²) in [5.41, 5.74) is 1.32. The molecule has 0 N–H and O–H groups in total. The van der Waals surface area contributed by atoms with E-state index in [-0.39, 0.29) is 17.4 Å². The van der Waals surface area contributed by atoms with E-state index in [4.69, 9.17) is 9.47 Å². The molecule has 3 aromatic rings. The molecule has 1 atom stereocenters. The molecule has 2 aliphatic rings. The van der Waals surface area contributed by atoms with Crippen LogP contribution in [0.15, 0.2) is 23.1 Å². The van der Waals surface area contributed by atoms with E-state index in [0.717, 1.165) is 48.9 Å². The van der Waals surface area contributed by atoms with Crippen LogP contribution in [0.3, 0.4) is 0 Å². The summed E-state index contributed by atoms with van der Waals surface area (Å²) in [7, 11) is 2.16. The number of methoxy groups -OCH3 is 2. The van der Waals surface area contributed by atoms with Crippen LogP contribution in [0.2, 0.25) is 0 Å². The minimum absolute atomic E-state index is 0.124. The van der Waals surface area contributed by atoms with E-state index in [1.807, 2.05) is 23.7 Å². The van der Waals surface area contributed by atoms with Crippen LogP contribution >= 0.6 is 0 Å². The molecule has 2 fully saturated rings. The number of benzene rings is 1. The van der Waals surface area contributed by atoms with Crippen LogP contribution in [0.4, 0.5) is 0 Å². The maximum Gasteiger partial charge on any atom is 0.292 e. The van der Waals surface area contributed by atoms with Crippen LogP contribution in [0.1, 0.15) is 6.42 Å². The summed E-state index contributed by atoms with van der Waals surface area (Å²) in [6, 6.07) is 3.88. The third kappa shape index (κ3) is 3.87. The Hall–Kier alpha value is -2.63. The molecule has 1 aromatic carbocycles. The molecule has 2 saturated heterocycles. The molecule has 0 aliphatic carbocycles. The third-order valence-electron chi connectivity index (χ3n) is 6.97. The second-order valence-electron chi connectivity index (χ2n) is 8.85. The molecule has 33 heavy (non-hydrogen) atoms. The number of sulfone groups is 1. The highest BCUT2D eigenvalue weighted by Crippen LogP contribution is 2.36. The summed E-state index contributed by atoms with van der Waals surface area (Å²) in [6.45, 7) is 3.54. The first kappa shape index (κ1) is 22.2. The van der Waals surface area contributed by atoms with E-state index in [1.54, 1.807) is 20.4 Å². The van der Waals surface area contributed by atoms with Crippen LogP contribution in [-0.2, 0) is 23.6 Å². The van der Waals surface area contributed by atoms with Crippen molar-refractivity contribution in [1.82, 2.24) is 24.1 Å². The van der Waals surface area contributed by atoms with E-state index in [9.17, 15) is 13.2 Å². The average Bonchev–Trinajstić information content (AvgIpc) is 3.31. The van der Waals surface area contributed by atoms with Crippen LogP contribution in [-0.4, -0.2) is 90.5 Å². The average molecular weight is 476 g/mol. The number of nitrogens with zero attached hydrogens (tertiary/aromatic N) is 5. The molecule has 0 amide bonds. The van der Waals surface area contributed by atoms with Crippen molar-refractivity contribution < 1.29 is 17.9 Å². The van der Waals surface area contributed by atoms with Gasteiger partial charge in [-0.1, -0.05) is 0 Å². The molecule has 0 saturated carbocycles. The highest BCUT2D eigenvalue weighted by molar-refractivity contribution is 7.91. The molecule has 11 heteroatoms. The zero-order chi connectivity index (χ0) is 23.3. The van der Waals surface area contributed by atoms with Crippen LogP contribution in [0, 0.1) is 0 Å². The first-order chi connectivity index (χ1) is 15.8. The van der Waals surface area contributed by atoms with Gasteiger partial charge in [0.25, 0.3) is 5.56 Å². The summed E-state index contributed by atoms with van der Waals surface area (Å²) in [5, 5.41) is 6.13. The predicted octanol–water partition coefficient (Wildman–Crippen LogP) is 0.668. The highest BCUT2D eigenvalue weighted by Gasteiger charge is 2.33. The van der Waals surface area contributed by atoms with E-state index in [0.29, 0.717) is 29.4 Å². The molecule has 2 aromatic heterocycles. The van der Waals surface area contributed by atoms with E-state index < -0.39 is 9.84 Å². The summed E-state index contributed by atoms with van der Waals surface area (Å²) in [6.07, 6.45) is 2.46. The minimum Gasteiger partial charge on any atom is -0.493 e. The SMILES string of the molecule is COc1cc2c3cnn(CN4CCN([C@@H]5CCS(=O)(=O)C5)CC4)c(=O)c3n(C)c2cc1OC. The standard InChI is InChI=1S/C22H29N5O5S/c1-24-18-11-20(32-3)19(31-2)10-16(18)17-12-23-27(22(28)21(17)24)14-25-5-7-26(8-6-25)15-4-9-33(29,30)13-15/h10-12,15H,4-9,13-14H2,1-3H3/t15-/m1/s1. The lowest BCUT2D eigenvalue weighted by molar-refractivity contribution is 0.0801. The number of aromatic nitrogens is 3. The third-order valence-corrected chi connectivity index (χ3v) is 8.72. The molecule has 5 rings (SSSR count). The molecule has 0 spiro atoms. The van der Waals surface area contributed by atoms with Crippen LogP contribution in [0.25, 0.3) is 21.8 Å². The van der Waals surface area contributed by atoms with Gasteiger partial charge < -0.3 is 14.0 Å². The fraction of sp³-hybridized carbons (Fsp3) is 0.545. The Morgan fingerprint density at radius 2 is 1.76 bits per heavy atom. The molecular weight excluding hydrogens is 446 g/mol. The van der Waals surface area contributed by atoms with Gasteiger partial charge in [-0.25, -0.2) is 13.1 Å². The molecule has 2 aliphatic heterocycles. The summed E-state index contributed by atoms with van der Waals surface area (Å²) < 4.78 is 37.8. The van der Waals surface area contributed by atoms with Crippen molar-refractivity contribution in [3.63, 3.8) is 0 Å². The van der Waals surface area contributed by atoms with Gasteiger partial charge in [0.1, 0.15) is 5.52 Å². The van der Waals surface area contributed by atoms with Gasteiger partial charge in [-0.05, 0) is 12.5 Å². The predicted molar refractivity (Wildman–Crippen MR) is 126 cm³/mol. The lowest BCUT2D eigenvalue weighted by atomic mass is 10.2. The number of ether oxygens (including phenoxy) is 2. The molecule has 178 valence electrons. The Morgan fingerprint density at radius 3 is 2.39 bits per heavy atom. The number of hydrogen-bond donors (Lipinski definition) is 0. The lowest BCUT2D eigenvalue weighted by Gasteiger charge is -2.37. The largest absolute Gasteiger partial charge is 0.493 e. The van der Waals surface area contributed by atoms with Gasteiger partial charge in [-0.2, -0.15) is 5.10 Å². The summed E-state index contributed by atoms with van der Waals surface area (Å²) in [4.78, 5) is 17.8. The van der Waals surface area contributed by atoms with Crippen molar-refractivity contribution in [1.29, 1.82) is 0 Å². The van der Waals surface area contributed by atoms with Gasteiger partial charge >= 0.3 is 0 Å². The number of fused-ring (bicyclic) bond motifs is 3. The second kappa shape index (κ2) is 8.30. The van der Waals surface area contributed by atoms with Crippen molar-refractivity contribution >= 4 is 31.6 Å². The smallest absolute Gasteiger partial charge is 0.292 e. The second-order valence-corrected chi connectivity index (χ2v) is 11.1. The zero-order valence-corrected chi connectivity index (χ0v) is 20.0. The Labute approximate surface area is 192 Å². The Morgan fingerprint density at radius 1 is 1.06 bits per heavy atom. The number of rotatable bonds is 5. The Balaban J connectivity index is 1.39. The molecule has 0 radical (unpaired) electrons. The van der Waals surface area contributed by atoms with Crippen molar-refractivity contribution in [2.75, 3.05) is 51.9 Å². The van der Waals surface area contributed by atoms with Crippen molar-refractivity contribution in [2.45, 2.75) is 19.1 Å². The van der Waals surface area contributed by atoms with Gasteiger partial charge in [0.15, 0.2) is 21.3 Å². The molecular formula is C22H29N5O5S. The highest BCUT2D eigenvalue weighted by atomic mass is 32.2. The fourth-order valence-corrected chi connectivity index (χ4v) is 6.87. The normalized spacial score (nSPS) is 21.7. The Bertz CT molecular complexity index is 1370. The Kier molecular flexibility index (Phi) is 5.58. The first-order valence-corrected chi connectivity index (χ1v) is 12.9. The van der Waals surface area contributed by atoms with E-state index in [2.05, 4.69) is 14.9 Å². The number of hydrogen-bond acceptors (Lipinski definition) is 8. The van der Waals surface area contributed by atoms with Gasteiger partial charge in [0.05, 0.1) is 44.1 Å². The first-order valence-electron chi connectivity index (χ1n) is 11.1. The van der Waals surface area contributed by atoms with Gasteiger partial charge in [-0.3, -0.25) is 14.6 Å². The topological polar surface area (TPSA) is 98.9 Å². The molecule has 0 unspecified atom stereocenters. The number of piperazine rings is 1. The van der Waals surface area contributed by atoms with Gasteiger partial charge in [0, 0.05) is 56.1 Å². The maximum atomic E-state index is 13.4. The maximum absolute atomic E-state index is 13.4. The zero-order valence-electron chi connectivity index (χ0n) is 19.2. The number of aryl methyl sites for hydroxylation is 1. The minimum atomic E-state index is -2.89. The van der Waals surface area contributed by atoms with E-state index >= 15 is 0 Å².